The van der Waals surface area contributed by atoms with Gasteiger partial charge in [-0.3, -0.25) is 9.79 Å². The minimum absolute atomic E-state index is 0.210. The van der Waals surface area contributed by atoms with E-state index < -0.39 is 10.0 Å². The van der Waals surface area contributed by atoms with Crippen LogP contribution in [0.25, 0.3) is 0 Å². The Morgan fingerprint density at radius 1 is 1.35 bits per heavy atom. The molecular formula is C15H15N3O3S2. The van der Waals surface area contributed by atoms with Crippen molar-refractivity contribution in [2.45, 2.75) is 11.8 Å². The molecule has 1 N–H and O–H groups in total. The van der Waals surface area contributed by atoms with Crippen LogP contribution in [0.15, 0.2) is 52.6 Å². The highest BCUT2D eigenvalue weighted by Crippen LogP contribution is 2.19. The smallest absolute Gasteiger partial charge is 0.280 e. The molecule has 0 unspecified atom stereocenters. The van der Waals surface area contributed by atoms with Crippen molar-refractivity contribution >= 4 is 38.4 Å². The standard InChI is InChI=1S/C15H15N3O3S2/c1-11-3-2-4-13(9-11)23(20,21)18-7-5-12(10-18)17-14(19)15-16-6-8-22-15/h2-5,7,9-10H,6,8H2,1H3,(H,17,19). The first kappa shape index (κ1) is 15.8. The third-order valence-corrected chi connectivity index (χ3v) is 5.88. The predicted octanol–water partition coefficient (Wildman–Crippen LogP) is 2.12. The third kappa shape index (κ3) is 3.32. The largest absolute Gasteiger partial charge is 0.319 e. The number of benzene rings is 1. The molecule has 1 aromatic heterocycles. The van der Waals surface area contributed by atoms with Crippen LogP contribution in [-0.4, -0.2) is 35.6 Å². The number of nitrogens with one attached hydrogen (secondary N) is 1. The number of carbonyl (C=O) groups excluding carboxylic acids is 1. The van der Waals surface area contributed by atoms with E-state index in [4.69, 9.17) is 0 Å². The summed E-state index contributed by atoms with van der Waals surface area (Å²) in [7, 11) is -3.67. The minimum atomic E-state index is -3.67. The molecule has 3 rings (SSSR count). The summed E-state index contributed by atoms with van der Waals surface area (Å²) >= 11 is 1.39. The van der Waals surface area contributed by atoms with Crippen LogP contribution in [0.4, 0.5) is 5.69 Å². The molecule has 1 amide bonds. The van der Waals surface area contributed by atoms with E-state index in [0.29, 0.717) is 17.3 Å². The zero-order valence-corrected chi connectivity index (χ0v) is 14.0. The molecular weight excluding hydrogens is 334 g/mol. The van der Waals surface area contributed by atoms with Gasteiger partial charge in [0.1, 0.15) is 0 Å². The van der Waals surface area contributed by atoms with Crippen molar-refractivity contribution in [1.29, 1.82) is 0 Å². The van der Waals surface area contributed by atoms with Gasteiger partial charge in [0.15, 0.2) is 5.04 Å². The first-order valence-corrected chi connectivity index (χ1v) is 9.38. The van der Waals surface area contributed by atoms with E-state index in [1.54, 1.807) is 24.3 Å². The summed E-state index contributed by atoms with van der Waals surface area (Å²) in [6.45, 7) is 2.47. The maximum absolute atomic E-state index is 12.6. The van der Waals surface area contributed by atoms with E-state index in [1.165, 1.54) is 24.2 Å². The van der Waals surface area contributed by atoms with Gasteiger partial charge in [-0.05, 0) is 30.7 Å². The molecule has 0 radical (unpaired) electrons. The average molecular weight is 349 g/mol. The monoisotopic (exact) mass is 349 g/mol. The zero-order chi connectivity index (χ0) is 16.4. The number of aryl methyl sites for hydroxylation is 1. The van der Waals surface area contributed by atoms with Gasteiger partial charge in [0, 0.05) is 24.7 Å². The van der Waals surface area contributed by atoms with Crippen molar-refractivity contribution in [3.63, 3.8) is 0 Å². The Kier molecular flexibility index (Phi) is 4.27. The van der Waals surface area contributed by atoms with Gasteiger partial charge in [-0.25, -0.2) is 12.4 Å². The van der Waals surface area contributed by atoms with E-state index in [-0.39, 0.29) is 10.8 Å². The molecule has 0 saturated heterocycles. The normalized spacial score (nSPS) is 14.6. The summed E-state index contributed by atoms with van der Waals surface area (Å²) in [6, 6.07) is 8.23. The van der Waals surface area contributed by atoms with Gasteiger partial charge in [-0.2, -0.15) is 0 Å². The summed E-state index contributed by atoms with van der Waals surface area (Å²) in [4.78, 5) is 16.3. The van der Waals surface area contributed by atoms with Crippen LogP contribution < -0.4 is 5.32 Å². The summed E-state index contributed by atoms with van der Waals surface area (Å²) in [5, 5.41) is 3.09. The lowest BCUT2D eigenvalue weighted by Crippen LogP contribution is -2.18. The number of aliphatic imine (C=N–C) groups is 1. The van der Waals surface area contributed by atoms with Crippen molar-refractivity contribution < 1.29 is 13.2 Å². The van der Waals surface area contributed by atoms with E-state index in [1.807, 2.05) is 13.0 Å². The van der Waals surface area contributed by atoms with Crippen molar-refractivity contribution in [2.24, 2.45) is 4.99 Å². The highest BCUT2D eigenvalue weighted by atomic mass is 32.2. The predicted molar refractivity (Wildman–Crippen MR) is 91.6 cm³/mol. The quantitative estimate of drug-likeness (QED) is 0.917. The molecule has 23 heavy (non-hydrogen) atoms. The van der Waals surface area contributed by atoms with Crippen LogP contribution in [0.2, 0.25) is 0 Å². The average Bonchev–Trinajstić information content (AvgIpc) is 3.18. The molecule has 120 valence electrons. The number of hydrogen-bond acceptors (Lipinski definition) is 5. The van der Waals surface area contributed by atoms with E-state index in [2.05, 4.69) is 10.3 Å². The lowest BCUT2D eigenvalue weighted by molar-refractivity contribution is -0.110. The number of aromatic nitrogens is 1. The molecule has 1 aliphatic rings. The summed E-state index contributed by atoms with van der Waals surface area (Å²) in [5.74, 6) is 0.490. The molecule has 0 atom stereocenters. The number of rotatable bonds is 4. The second kappa shape index (κ2) is 6.21. The number of amides is 1. The number of carbonyl (C=O) groups is 1. The van der Waals surface area contributed by atoms with Crippen LogP contribution in [0, 0.1) is 6.92 Å². The van der Waals surface area contributed by atoms with Crippen LogP contribution >= 0.6 is 11.8 Å². The Hall–Kier alpha value is -2.06. The summed E-state index contributed by atoms with van der Waals surface area (Å²) in [5.41, 5.74) is 1.28. The van der Waals surface area contributed by atoms with Gasteiger partial charge in [-0.15, -0.1) is 0 Å². The highest BCUT2D eigenvalue weighted by Gasteiger charge is 2.19. The SMILES string of the molecule is Cc1cccc(S(=O)(=O)n2ccc(NC(=O)C3=NCCS3)c2)c1. The van der Waals surface area contributed by atoms with Crippen LogP contribution in [-0.2, 0) is 14.8 Å². The van der Waals surface area contributed by atoms with Gasteiger partial charge >= 0.3 is 0 Å². The maximum Gasteiger partial charge on any atom is 0.280 e. The maximum atomic E-state index is 12.6. The van der Waals surface area contributed by atoms with Crippen LogP contribution in [0.1, 0.15) is 5.56 Å². The molecule has 1 aromatic carbocycles. The number of thioether (sulfide) groups is 1. The first-order valence-electron chi connectivity index (χ1n) is 6.96. The molecule has 0 spiro atoms. The van der Waals surface area contributed by atoms with Crippen molar-refractivity contribution in [3.8, 4) is 0 Å². The number of hydrogen-bond donors (Lipinski definition) is 1. The zero-order valence-electron chi connectivity index (χ0n) is 12.4. The van der Waals surface area contributed by atoms with Gasteiger partial charge in [-0.1, -0.05) is 23.9 Å². The van der Waals surface area contributed by atoms with Gasteiger partial charge in [0.05, 0.1) is 10.6 Å². The molecule has 1 aliphatic heterocycles. The lowest BCUT2D eigenvalue weighted by atomic mass is 10.2. The third-order valence-electron chi connectivity index (χ3n) is 3.27. The number of nitrogens with zero attached hydrogens (tertiary/aromatic N) is 2. The first-order chi connectivity index (χ1) is 11.0. The Labute approximate surface area is 138 Å². The molecule has 0 fully saturated rings. The Balaban J connectivity index is 1.82. The molecule has 0 aliphatic carbocycles. The molecule has 2 aromatic rings. The van der Waals surface area contributed by atoms with Crippen molar-refractivity contribution in [3.05, 3.63) is 48.3 Å². The van der Waals surface area contributed by atoms with Crippen LogP contribution in [0.3, 0.4) is 0 Å². The van der Waals surface area contributed by atoms with Crippen molar-refractivity contribution in [1.82, 2.24) is 3.97 Å². The lowest BCUT2D eigenvalue weighted by Gasteiger charge is -2.06. The fourth-order valence-corrected chi connectivity index (χ4v) is 4.20. The van der Waals surface area contributed by atoms with Crippen LogP contribution in [0.5, 0.6) is 0 Å². The fourth-order valence-electron chi connectivity index (χ4n) is 2.15. The summed E-state index contributed by atoms with van der Waals surface area (Å²) in [6.07, 6.45) is 2.80. The number of anilines is 1. The molecule has 0 bridgehead atoms. The topological polar surface area (TPSA) is 80.5 Å². The molecule has 8 heteroatoms. The highest BCUT2D eigenvalue weighted by molar-refractivity contribution is 8.16. The second-order valence-electron chi connectivity index (χ2n) is 5.04. The molecule has 0 saturated carbocycles. The molecule has 2 heterocycles. The fraction of sp³-hybridized carbons (Fsp3) is 0.200. The van der Waals surface area contributed by atoms with E-state index in [9.17, 15) is 13.2 Å². The second-order valence-corrected chi connectivity index (χ2v) is 7.97. The van der Waals surface area contributed by atoms with Gasteiger partial charge < -0.3 is 5.32 Å². The van der Waals surface area contributed by atoms with E-state index >= 15 is 0 Å². The van der Waals surface area contributed by atoms with E-state index in [0.717, 1.165) is 15.3 Å². The van der Waals surface area contributed by atoms with Gasteiger partial charge in [0.25, 0.3) is 15.9 Å². The van der Waals surface area contributed by atoms with Crippen molar-refractivity contribution in [2.75, 3.05) is 17.6 Å². The molecule has 6 nitrogen and oxygen atoms in total. The van der Waals surface area contributed by atoms with Gasteiger partial charge in [0.2, 0.25) is 0 Å². The summed E-state index contributed by atoms with van der Waals surface area (Å²) < 4.78 is 26.2. The minimum Gasteiger partial charge on any atom is -0.319 e. The Morgan fingerprint density at radius 2 is 2.17 bits per heavy atom. The Morgan fingerprint density at radius 3 is 2.87 bits per heavy atom. The Bertz CT molecular complexity index is 885.